The quantitative estimate of drug-likeness (QED) is 0.436. The van der Waals surface area contributed by atoms with Gasteiger partial charge in [0.05, 0.1) is 16.2 Å². The number of hydrogen-bond acceptors (Lipinski definition) is 3. The number of amides is 1. The van der Waals surface area contributed by atoms with Gasteiger partial charge < -0.3 is 5.32 Å². The van der Waals surface area contributed by atoms with Gasteiger partial charge in [-0.1, -0.05) is 12.1 Å². The molecule has 0 aliphatic heterocycles. The van der Waals surface area contributed by atoms with E-state index < -0.39 is 4.92 Å². The number of nitro groups is 1. The molecule has 0 saturated carbocycles. The molecule has 2 aromatic carbocycles. The third kappa shape index (κ3) is 3.34. The number of anilines is 1. The second-order valence-electron chi connectivity index (χ2n) is 3.86. The first-order valence-corrected chi connectivity index (χ1v) is 7.36. The van der Waals surface area contributed by atoms with Crippen LogP contribution < -0.4 is 5.32 Å². The average molecular weight is 447 g/mol. The van der Waals surface area contributed by atoms with Gasteiger partial charge in [0, 0.05) is 20.2 Å². The van der Waals surface area contributed by atoms with E-state index in [0.717, 1.165) is 3.57 Å². The maximum Gasteiger partial charge on any atom is 0.271 e. The van der Waals surface area contributed by atoms with Gasteiger partial charge in [0.2, 0.25) is 0 Å². The van der Waals surface area contributed by atoms with Gasteiger partial charge in [0.25, 0.3) is 11.6 Å². The van der Waals surface area contributed by atoms with Crippen molar-refractivity contribution in [3.8, 4) is 0 Å². The number of non-ortho nitro benzene ring substituents is 1. The lowest BCUT2D eigenvalue weighted by molar-refractivity contribution is -0.384. The topological polar surface area (TPSA) is 72.2 Å². The number of carbonyl (C=O) groups is 1. The van der Waals surface area contributed by atoms with Crippen LogP contribution in [-0.2, 0) is 0 Å². The zero-order valence-corrected chi connectivity index (χ0v) is 13.7. The van der Waals surface area contributed by atoms with E-state index in [4.69, 9.17) is 0 Å². The van der Waals surface area contributed by atoms with Crippen molar-refractivity contribution in [3.05, 3.63) is 66.2 Å². The second kappa shape index (κ2) is 6.31. The zero-order chi connectivity index (χ0) is 14.7. The van der Waals surface area contributed by atoms with Crippen LogP contribution in [-0.4, -0.2) is 10.8 Å². The highest BCUT2D eigenvalue weighted by Crippen LogP contribution is 2.27. The Balaban J connectivity index is 2.30. The summed E-state index contributed by atoms with van der Waals surface area (Å²) in [5.74, 6) is -0.309. The van der Waals surface area contributed by atoms with E-state index in [-0.39, 0.29) is 11.6 Å². The summed E-state index contributed by atoms with van der Waals surface area (Å²) < 4.78 is 1.39. The number of carbonyl (C=O) groups excluding carboxylic acids is 1. The fourth-order valence-corrected chi connectivity index (χ4v) is 2.54. The number of nitrogens with one attached hydrogen (secondary N) is 1. The molecule has 1 N–H and O–H groups in total. The molecule has 2 aromatic rings. The Kier molecular flexibility index (Phi) is 4.71. The number of nitro benzene ring substituents is 1. The van der Waals surface area contributed by atoms with Crippen molar-refractivity contribution >= 4 is 55.8 Å². The molecule has 0 fully saturated rings. The number of halogens is 2. The molecule has 2 rings (SSSR count). The molecule has 0 spiro atoms. The normalized spacial score (nSPS) is 10.1. The number of hydrogen-bond donors (Lipinski definition) is 1. The Morgan fingerprint density at radius 3 is 2.60 bits per heavy atom. The molecule has 0 saturated heterocycles. The van der Waals surface area contributed by atoms with Gasteiger partial charge >= 0.3 is 0 Å². The van der Waals surface area contributed by atoms with Crippen molar-refractivity contribution in [3.63, 3.8) is 0 Å². The fourth-order valence-electron chi connectivity index (χ4n) is 1.56. The van der Waals surface area contributed by atoms with Gasteiger partial charge in [-0.15, -0.1) is 0 Å². The van der Waals surface area contributed by atoms with Crippen LogP contribution in [0.4, 0.5) is 11.4 Å². The number of nitrogens with zero attached hydrogens (tertiary/aromatic N) is 1. The van der Waals surface area contributed by atoms with Crippen LogP contribution in [0.5, 0.6) is 0 Å². The highest BCUT2D eigenvalue weighted by molar-refractivity contribution is 14.1. The summed E-state index contributed by atoms with van der Waals surface area (Å²) in [6.45, 7) is 0. The van der Waals surface area contributed by atoms with Crippen LogP contribution in [0.3, 0.4) is 0 Å². The molecule has 0 radical (unpaired) electrons. The summed E-state index contributed by atoms with van der Waals surface area (Å²) in [6, 6.07) is 11.3. The molecule has 5 nitrogen and oxygen atoms in total. The summed E-state index contributed by atoms with van der Waals surface area (Å²) in [5.41, 5.74) is 0.807. The Morgan fingerprint density at radius 1 is 1.25 bits per heavy atom. The highest BCUT2D eigenvalue weighted by Gasteiger charge is 2.14. The summed E-state index contributed by atoms with van der Waals surface area (Å²) in [6.07, 6.45) is 0. The smallest absolute Gasteiger partial charge is 0.271 e. The Morgan fingerprint density at radius 2 is 1.95 bits per heavy atom. The first-order chi connectivity index (χ1) is 9.49. The maximum atomic E-state index is 12.2. The van der Waals surface area contributed by atoms with Crippen molar-refractivity contribution in [2.45, 2.75) is 0 Å². The van der Waals surface area contributed by atoms with Gasteiger partial charge in [0.15, 0.2) is 0 Å². The lowest BCUT2D eigenvalue weighted by Gasteiger charge is -2.08. The minimum atomic E-state index is -0.506. The highest BCUT2D eigenvalue weighted by atomic mass is 127. The molecule has 0 bridgehead atoms. The Labute approximate surface area is 136 Å². The summed E-state index contributed by atoms with van der Waals surface area (Å²) >= 11 is 5.32. The minimum Gasteiger partial charge on any atom is -0.321 e. The van der Waals surface area contributed by atoms with E-state index >= 15 is 0 Å². The average Bonchev–Trinajstić information content (AvgIpc) is 2.41. The lowest BCUT2D eigenvalue weighted by atomic mass is 10.2. The first kappa shape index (κ1) is 14.9. The zero-order valence-electron chi connectivity index (χ0n) is 9.97. The van der Waals surface area contributed by atoms with Crippen LogP contribution >= 0.6 is 38.5 Å². The van der Waals surface area contributed by atoms with E-state index in [1.807, 2.05) is 12.1 Å². The maximum absolute atomic E-state index is 12.2. The largest absolute Gasteiger partial charge is 0.321 e. The molecule has 7 heteroatoms. The van der Waals surface area contributed by atoms with Crippen LogP contribution in [0, 0.1) is 13.7 Å². The van der Waals surface area contributed by atoms with Crippen LogP contribution in [0.2, 0.25) is 0 Å². The molecule has 0 aliphatic carbocycles. The Hall–Kier alpha value is -1.48. The molecule has 20 heavy (non-hydrogen) atoms. The van der Waals surface area contributed by atoms with Gasteiger partial charge in [-0.3, -0.25) is 14.9 Å². The number of benzene rings is 2. The van der Waals surface area contributed by atoms with E-state index in [1.54, 1.807) is 12.1 Å². The minimum absolute atomic E-state index is 0.0775. The predicted octanol–water partition coefficient (Wildman–Crippen LogP) is 4.21. The Bertz CT molecular complexity index is 691. The molecular weight excluding hydrogens is 439 g/mol. The number of rotatable bonds is 3. The molecule has 0 unspecified atom stereocenters. The molecule has 0 heterocycles. The SMILES string of the molecule is O=C(Nc1cc([N+](=O)[O-])ccc1Br)c1ccccc1I. The lowest BCUT2D eigenvalue weighted by Crippen LogP contribution is -2.13. The van der Waals surface area contributed by atoms with Gasteiger partial charge in [-0.25, -0.2) is 0 Å². The molecule has 1 amide bonds. The third-order valence-corrected chi connectivity index (χ3v) is 4.16. The van der Waals surface area contributed by atoms with Crippen molar-refractivity contribution in [1.82, 2.24) is 0 Å². The van der Waals surface area contributed by atoms with Crippen molar-refractivity contribution in [1.29, 1.82) is 0 Å². The van der Waals surface area contributed by atoms with E-state index in [0.29, 0.717) is 15.7 Å². The molecular formula is C13H8BrIN2O3. The predicted molar refractivity (Wildman–Crippen MR) is 87.9 cm³/mol. The van der Waals surface area contributed by atoms with Crippen LogP contribution in [0.1, 0.15) is 10.4 Å². The van der Waals surface area contributed by atoms with E-state index in [2.05, 4.69) is 43.8 Å². The van der Waals surface area contributed by atoms with Crippen LogP contribution in [0.25, 0.3) is 0 Å². The molecule has 0 aromatic heterocycles. The monoisotopic (exact) mass is 446 g/mol. The van der Waals surface area contributed by atoms with Crippen molar-refractivity contribution < 1.29 is 9.72 Å². The molecule has 0 atom stereocenters. The van der Waals surface area contributed by atoms with E-state index in [1.165, 1.54) is 18.2 Å². The van der Waals surface area contributed by atoms with E-state index in [9.17, 15) is 14.9 Å². The fraction of sp³-hybridized carbons (Fsp3) is 0. The molecule has 102 valence electrons. The van der Waals surface area contributed by atoms with Crippen molar-refractivity contribution in [2.24, 2.45) is 0 Å². The second-order valence-corrected chi connectivity index (χ2v) is 5.87. The summed E-state index contributed by atoms with van der Waals surface area (Å²) in [5, 5.41) is 13.4. The third-order valence-electron chi connectivity index (χ3n) is 2.53. The van der Waals surface area contributed by atoms with Gasteiger partial charge in [0.1, 0.15) is 0 Å². The summed E-state index contributed by atoms with van der Waals surface area (Å²) in [7, 11) is 0. The summed E-state index contributed by atoms with van der Waals surface area (Å²) in [4.78, 5) is 22.4. The van der Waals surface area contributed by atoms with Crippen LogP contribution in [0.15, 0.2) is 46.9 Å². The standard InChI is InChI=1S/C13H8BrIN2O3/c14-10-6-5-8(17(19)20)7-12(10)16-13(18)9-3-1-2-4-11(9)15/h1-7H,(H,16,18). The molecule has 0 aliphatic rings. The first-order valence-electron chi connectivity index (χ1n) is 5.49. The van der Waals surface area contributed by atoms with Gasteiger partial charge in [-0.2, -0.15) is 0 Å². The van der Waals surface area contributed by atoms with Gasteiger partial charge in [-0.05, 0) is 56.7 Å². The van der Waals surface area contributed by atoms with Crippen molar-refractivity contribution in [2.75, 3.05) is 5.32 Å².